The number of amides is 1. The van der Waals surface area contributed by atoms with Crippen molar-refractivity contribution in [3.63, 3.8) is 0 Å². The topological polar surface area (TPSA) is 80.6 Å². The van der Waals surface area contributed by atoms with Crippen LogP contribution in [-0.4, -0.2) is 33.5 Å². The monoisotopic (exact) mass is 388 g/mol. The predicted molar refractivity (Wildman–Crippen MR) is 109 cm³/mol. The van der Waals surface area contributed by atoms with Crippen molar-refractivity contribution in [2.45, 2.75) is 51.9 Å². The molecule has 0 aromatic heterocycles. The Balaban J connectivity index is 2.61. The van der Waals surface area contributed by atoms with Crippen molar-refractivity contribution in [1.82, 2.24) is 5.32 Å². The van der Waals surface area contributed by atoms with E-state index in [2.05, 4.69) is 12.2 Å². The van der Waals surface area contributed by atoms with E-state index in [-0.39, 0.29) is 18.1 Å². The van der Waals surface area contributed by atoms with Gasteiger partial charge in [-0.3, -0.25) is 4.79 Å². The lowest BCUT2D eigenvalue weighted by molar-refractivity contribution is -0.117. The number of unbranched alkanes of at least 4 members (excludes halogenated alkanes) is 6. The second-order valence-corrected chi connectivity index (χ2v) is 6.47. The van der Waals surface area contributed by atoms with Crippen LogP contribution in [0.5, 0.6) is 5.75 Å². The number of nitrogens with zero attached hydrogens (tertiary/aromatic N) is 1. The summed E-state index contributed by atoms with van der Waals surface area (Å²) >= 11 is 0. The predicted octanol–water partition coefficient (Wildman–Crippen LogP) is 4.42. The van der Waals surface area contributed by atoms with E-state index in [1.54, 1.807) is 31.4 Å². The van der Waals surface area contributed by atoms with Crippen LogP contribution in [0.25, 0.3) is 5.76 Å². The molecule has 6 heteroatoms. The Kier molecular flexibility index (Phi) is 12.2. The third kappa shape index (κ3) is 8.45. The minimum absolute atomic E-state index is 0.0315. The van der Waals surface area contributed by atoms with Crippen LogP contribution in [0.1, 0.15) is 57.4 Å². The Morgan fingerprint density at radius 3 is 2.25 bits per heavy atom. The Labute approximate surface area is 168 Å². The van der Waals surface area contributed by atoms with Gasteiger partial charge in [0.15, 0.2) is 12.4 Å². The average Bonchev–Trinajstić information content (AvgIpc) is 2.72. The second kappa shape index (κ2) is 14.5. The highest BCUT2D eigenvalue weighted by molar-refractivity contribution is 6.03. The highest BCUT2D eigenvalue weighted by Gasteiger charge is 2.17. The van der Waals surface area contributed by atoms with Crippen LogP contribution in [-0.2, 0) is 14.3 Å². The molecule has 0 unspecified atom stereocenters. The summed E-state index contributed by atoms with van der Waals surface area (Å²) in [4.78, 5) is 12.4. The molecule has 0 fully saturated rings. The summed E-state index contributed by atoms with van der Waals surface area (Å²) in [6, 6.07) is 8.92. The molecule has 0 atom stereocenters. The number of hydrogen-bond donors (Lipinski definition) is 1. The zero-order chi connectivity index (χ0) is 20.6. The maximum atomic E-state index is 12.4. The summed E-state index contributed by atoms with van der Waals surface area (Å²) < 4.78 is 15.5. The molecule has 0 radical (unpaired) electrons. The van der Waals surface area contributed by atoms with Crippen molar-refractivity contribution in [2.24, 2.45) is 0 Å². The van der Waals surface area contributed by atoms with Crippen molar-refractivity contribution in [3.8, 4) is 11.8 Å². The van der Waals surface area contributed by atoms with Gasteiger partial charge >= 0.3 is 0 Å². The molecule has 0 saturated heterocycles. The van der Waals surface area contributed by atoms with E-state index in [1.165, 1.54) is 39.2 Å². The van der Waals surface area contributed by atoms with Gasteiger partial charge in [0.05, 0.1) is 7.11 Å². The molecular weight excluding hydrogens is 356 g/mol. The molecule has 1 aromatic carbocycles. The van der Waals surface area contributed by atoms with Crippen LogP contribution in [0.3, 0.4) is 0 Å². The average molecular weight is 389 g/mol. The van der Waals surface area contributed by atoms with Gasteiger partial charge < -0.3 is 19.5 Å². The Morgan fingerprint density at radius 1 is 1.04 bits per heavy atom. The number of nitrogens with one attached hydrogen (secondary N) is 1. The largest absolute Gasteiger partial charge is 0.495 e. The van der Waals surface area contributed by atoms with Crippen LogP contribution in [0.2, 0.25) is 0 Å². The van der Waals surface area contributed by atoms with Crippen LogP contribution >= 0.6 is 0 Å². The fraction of sp³-hybridized carbons (Fsp3) is 0.545. The van der Waals surface area contributed by atoms with E-state index in [9.17, 15) is 10.1 Å². The van der Waals surface area contributed by atoms with E-state index < -0.39 is 5.91 Å². The molecule has 1 rings (SSSR count). The molecule has 1 aromatic rings. The molecule has 1 N–H and O–H groups in total. The van der Waals surface area contributed by atoms with Crippen LogP contribution < -0.4 is 10.1 Å². The molecule has 0 aliphatic heterocycles. The lowest BCUT2D eigenvalue weighted by Crippen LogP contribution is -2.26. The zero-order valence-corrected chi connectivity index (χ0v) is 17.3. The SMILES string of the molecule is CCCCCCCCCNC(=O)/C(C#N)=C(\OC)c1ccc(OCOC)cc1. The van der Waals surface area contributed by atoms with Gasteiger partial charge in [0.25, 0.3) is 5.91 Å². The fourth-order valence-corrected chi connectivity index (χ4v) is 2.77. The van der Waals surface area contributed by atoms with E-state index in [4.69, 9.17) is 14.2 Å². The number of hydrogen-bond acceptors (Lipinski definition) is 5. The summed E-state index contributed by atoms with van der Waals surface area (Å²) in [5, 5.41) is 12.3. The first-order valence-electron chi connectivity index (χ1n) is 9.86. The maximum Gasteiger partial charge on any atom is 0.265 e. The third-order valence-corrected chi connectivity index (χ3v) is 4.30. The molecule has 0 aliphatic rings. The van der Waals surface area contributed by atoms with Crippen LogP contribution in [0, 0.1) is 11.3 Å². The van der Waals surface area contributed by atoms with Gasteiger partial charge in [-0.05, 0) is 30.7 Å². The maximum absolute atomic E-state index is 12.4. The molecule has 0 bridgehead atoms. The minimum atomic E-state index is -0.412. The molecule has 6 nitrogen and oxygen atoms in total. The standard InChI is InChI=1S/C22H32N2O4/c1-4-5-6-7-8-9-10-15-24-22(25)20(16-23)21(27-3)18-11-13-19(14-12-18)28-17-26-2/h11-14H,4-10,15,17H2,1-3H3,(H,24,25)/b21-20-. The normalized spacial score (nSPS) is 11.4. The van der Waals surface area contributed by atoms with Gasteiger partial charge in [0.2, 0.25) is 0 Å². The molecule has 154 valence electrons. The molecular formula is C22H32N2O4. The van der Waals surface area contributed by atoms with Crippen molar-refractivity contribution < 1.29 is 19.0 Å². The quantitative estimate of drug-likeness (QED) is 0.168. The first kappa shape index (κ1) is 23.5. The van der Waals surface area contributed by atoms with Gasteiger partial charge in [0, 0.05) is 19.2 Å². The first-order chi connectivity index (χ1) is 13.7. The highest BCUT2D eigenvalue weighted by atomic mass is 16.7. The summed E-state index contributed by atoms with van der Waals surface area (Å²) in [5.74, 6) is 0.464. The molecule has 1 amide bonds. The highest BCUT2D eigenvalue weighted by Crippen LogP contribution is 2.22. The summed E-state index contributed by atoms with van der Waals surface area (Å²) in [6.07, 6.45) is 8.20. The van der Waals surface area contributed by atoms with E-state index in [1.807, 2.05) is 6.07 Å². The van der Waals surface area contributed by atoms with Crippen molar-refractivity contribution in [3.05, 3.63) is 35.4 Å². The van der Waals surface area contributed by atoms with Gasteiger partial charge in [-0.1, -0.05) is 45.4 Å². The van der Waals surface area contributed by atoms with E-state index in [0.717, 1.165) is 12.8 Å². The minimum Gasteiger partial charge on any atom is -0.495 e. The number of nitriles is 1. The number of carbonyl (C=O) groups is 1. The number of benzene rings is 1. The number of carbonyl (C=O) groups excluding carboxylic acids is 1. The summed E-state index contributed by atoms with van der Waals surface area (Å²) in [5.41, 5.74) is 0.603. The third-order valence-electron chi connectivity index (χ3n) is 4.30. The first-order valence-corrected chi connectivity index (χ1v) is 9.86. The Bertz CT molecular complexity index is 647. The lowest BCUT2D eigenvalue weighted by atomic mass is 10.1. The molecule has 0 spiro atoms. The van der Waals surface area contributed by atoms with Gasteiger partial charge in [-0.25, -0.2) is 0 Å². The molecule has 28 heavy (non-hydrogen) atoms. The van der Waals surface area contributed by atoms with Gasteiger partial charge in [-0.2, -0.15) is 5.26 Å². The summed E-state index contributed by atoms with van der Waals surface area (Å²) in [6.45, 7) is 2.91. The number of rotatable bonds is 14. The molecule has 0 aliphatic carbocycles. The smallest absolute Gasteiger partial charge is 0.265 e. The fourth-order valence-electron chi connectivity index (χ4n) is 2.77. The van der Waals surface area contributed by atoms with E-state index in [0.29, 0.717) is 17.9 Å². The molecule has 0 heterocycles. The zero-order valence-electron chi connectivity index (χ0n) is 17.3. The van der Waals surface area contributed by atoms with E-state index >= 15 is 0 Å². The molecule has 0 saturated carbocycles. The number of methoxy groups -OCH3 is 2. The Hall–Kier alpha value is -2.52. The lowest BCUT2D eigenvalue weighted by Gasteiger charge is -2.11. The second-order valence-electron chi connectivity index (χ2n) is 6.47. The van der Waals surface area contributed by atoms with Crippen molar-refractivity contribution in [2.75, 3.05) is 27.6 Å². The van der Waals surface area contributed by atoms with Crippen LogP contribution in [0.15, 0.2) is 29.8 Å². The number of ether oxygens (including phenoxy) is 3. The van der Waals surface area contributed by atoms with Gasteiger partial charge in [0.1, 0.15) is 17.6 Å². The summed E-state index contributed by atoms with van der Waals surface area (Å²) in [7, 11) is 3.00. The Morgan fingerprint density at radius 2 is 1.68 bits per heavy atom. The van der Waals surface area contributed by atoms with Crippen molar-refractivity contribution in [1.29, 1.82) is 5.26 Å². The van der Waals surface area contributed by atoms with Gasteiger partial charge in [-0.15, -0.1) is 0 Å². The van der Waals surface area contributed by atoms with Crippen LogP contribution in [0.4, 0.5) is 0 Å². The van der Waals surface area contributed by atoms with Crippen molar-refractivity contribution >= 4 is 11.7 Å².